The van der Waals surface area contributed by atoms with Crippen molar-refractivity contribution < 1.29 is 20.1 Å². The Morgan fingerprint density at radius 1 is 1.30 bits per heavy atom. The number of likely N-dealkylation sites (N-methyl/N-ethyl adjacent to an activating group) is 1. The third kappa shape index (κ3) is 1.48. The van der Waals surface area contributed by atoms with E-state index >= 15 is 0 Å². The van der Waals surface area contributed by atoms with Gasteiger partial charge in [0.2, 0.25) is 5.79 Å². The number of ether oxygens (including phenoxy) is 1. The summed E-state index contributed by atoms with van der Waals surface area (Å²) >= 11 is 0. The molecule has 2 bridgehead atoms. The van der Waals surface area contributed by atoms with Crippen LogP contribution in [-0.2, 0) is 11.8 Å². The van der Waals surface area contributed by atoms with Crippen LogP contribution in [0.15, 0.2) is 24.3 Å². The Kier molecular flexibility index (Phi) is 2.46. The van der Waals surface area contributed by atoms with Crippen LogP contribution in [0.3, 0.4) is 0 Å². The predicted octanol–water partition coefficient (Wildman–Crippen LogP) is 0.908. The van der Waals surface area contributed by atoms with Gasteiger partial charge in [0.1, 0.15) is 0 Å². The number of nitrogens with zero attached hydrogens (tertiary/aromatic N) is 1. The lowest BCUT2D eigenvalue weighted by atomic mass is 9.55. The van der Waals surface area contributed by atoms with E-state index in [9.17, 15) is 15.3 Å². The highest BCUT2D eigenvalue weighted by atomic mass is 16.6. The maximum Gasteiger partial charge on any atom is 0.222 e. The van der Waals surface area contributed by atoms with E-state index in [1.807, 2.05) is 12.1 Å². The first kappa shape index (κ1) is 13.8. The van der Waals surface area contributed by atoms with Crippen molar-refractivity contribution in [2.75, 3.05) is 13.6 Å². The van der Waals surface area contributed by atoms with Crippen LogP contribution < -0.4 is 4.74 Å². The SMILES string of the molecule is CN1CCC[C@]23c4c5ccc(O)c4O[C@H]2C(O)(O)C=C[C@H]3[C@H]1C5. The van der Waals surface area contributed by atoms with Gasteiger partial charge in [-0.15, -0.1) is 0 Å². The fourth-order valence-corrected chi connectivity index (χ4v) is 5.54. The van der Waals surface area contributed by atoms with Crippen LogP contribution in [0.1, 0.15) is 24.0 Å². The second kappa shape index (κ2) is 4.09. The van der Waals surface area contributed by atoms with Crippen molar-refractivity contribution in [3.63, 3.8) is 0 Å². The highest BCUT2D eigenvalue weighted by Crippen LogP contribution is 2.63. The Morgan fingerprint density at radius 3 is 2.96 bits per heavy atom. The summed E-state index contributed by atoms with van der Waals surface area (Å²) in [7, 11) is 2.15. The molecule has 5 heteroatoms. The molecule has 0 amide bonds. The third-order valence-corrected chi connectivity index (χ3v) is 6.43. The Hall–Kier alpha value is -1.56. The van der Waals surface area contributed by atoms with E-state index in [-0.39, 0.29) is 11.7 Å². The first-order valence-electron chi connectivity index (χ1n) is 8.31. The topological polar surface area (TPSA) is 73.2 Å². The molecular formula is C18H21NO4. The lowest BCUT2D eigenvalue weighted by Crippen LogP contribution is -2.63. The van der Waals surface area contributed by atoms with Gasteiger partial charge in [0.15, 0.2) is 17.6 Å². The monoisotopic (exact) mass is 315 g/mol. The lowest BCUT2D eigenvalue weighted by molar-refractivity contribution is -0.206. The van der Waals surface area contributed by atoms with Crippen molar-refractivity contribution >= 4 is 0 Å². The molecule has 2 aliphatic carbocycles. The van der Waals surface area contributed by atoms with Crippen molar-refractivity contribution in [2.45, 2.75) is 42.6 Å². The number of aromatic hydroxyl groups is 1. The summed E-state index contributed by atoms with van der Waals surface area (Å²) in [5, 5.41) is 31.4. The molecule has 5 nitrogen and oxygen atoms in total. The molecule has 1 aromatic carbocycles. The molecule has 1 spiro atoms. The second-order valence-electron chi connectivity index (χ2n) is 7.51. The summed E-state index contributed by atoms with van der Waals surface area (Å²) in [6, 6.07) is 3.95. The van der Waals surface area contributed by atoms with Gasteiger partial charge < -0.3 is 25.0 Å². The second-order valence-corrected chi connectivity index (χ2v) is 7.51. The van der Waals surface area contributed by atoms with Crippen molar-refractivity contribution in [1.29, 1.82) is 0 Å². The normalized spacial score (nSPS) is 39.5. The summed E-state index contributed by atoms with van der Waals surface area (Å²) in [6.45, 7) is 0.989. The van der Waals surface area contributed by atoms with Crippen LogP contribution in [-0.4, -0.2) is 51.7 Å². The minimum atomic E-state index is -2.01. The lowest BCUT2D eigenvalue weighted by Gasteiger charge is -2.51. The van der Waals surface area contributed by atoms with Gasteiger partial charge in [0, 0.05) is 22.9 Å². The van der Waals surface area contributed by atoms with E-state index in [2.05, 4.69) is 11.9 Å². The van der Waals surface area contributed by atoms with E-state index in [1.165, 1.54) is 11.6 Å². The molecule has 0 unspecified atom stereocenters. The molecule has 1 fully saturated rings. The van der Waals surface area contributed by atoms with Gasteiger partial charge in [0.05, 0.1) is 0 Å². The van der Waals surface area contributed by atoms with E-state index in [0.717, 1.165) is 31.4 Å². The largest absolute Gasteiger partial charge is 0.504 e. The van der Waals surface area contributed by atoms with Crippen LogP contribution in [0.4, 0.5) is 0 Å². The molecule has 4 aliphatic rings. The quantitative estimate of drug-likeness (QED) is 0.490. The van der Waals surface area contributed by atoms with E-state index in [0.29, 0.717) is 11.8 Å². The number of benzene rings is 1. The number of aliphatic hydroxyl groups is 2. The minimum Gasteiger partial charge on any atom is -0.504 e. The molecule has 5 rings (SSSR count). The highest BCUT2D eigenvalue weighted by Gasteiger charge is 2.66. The molecule has 23 heavy (non-hydrogen) atoms. The summed E-state index contributed by atoms with van der Waals surface area (Å²) in [5.74, 6) is -1.29. The van der Waals surface area contributed by atoms with Gasteiger partial charge >= 0.3 is 0 Å². The summed E-state index contributed by atoms with van der Waals surface area (Å²) in [5.41, 5.74) is 1.72. The van der Waals surface area contributed by atoms with Crippen molar-refractivity contribution in [2.24, 2.45) is 5.92 Å². The molecular weight excluding hydrogens is 294 g/mol. The molecule has 2 heterocycles. The van der Waals surface area contributed by atoms with Gasteiger partial charge in [-0.25, -0.2) is 0 Å². The van der Waals surface area contributed by atoms with Crippen LogP contribution >= 0.6 is 0 Å². The van der Waals surface area contributed by atoms with E-state index < -0.39 is 17.3 Å². The van der Waals surface area contributed by atoms with Gasteiger partial charge in [0.25, 0.3) is 0 Å². The minimum absolute atomic E-state index is 0.0955. The zero-order valence-corrected chi connectivity index (χ0v) is 13.1. The maximum atomic E-state index is 10.6. The zero-order chi connectivity index (χ0) is 16.0. The molecule has 0 radical (unpaired) electrons. The predicted molar refractivity (Wildman–Crippen MR) is 83.4 cm³/mol. The van der Waals surface area contributed by atoms with Crippen molar-refractivity contribution in [3.8, 4) is 11.5 Å². The van der Waals surface area contributed by atoms with Crippen LogP contribution in [0.25, 0.3) is 0 Å². The fourth-order valence-electron chi connectivity index (χ4n) is 5.54. The van der Waals surface area contributed by atoms with Crippen LogP contribution in [0.2, 0.25) is 0 Å². The number of rotatable bonds is 0. The Balaban J connectivity index is 1.85. The number of hydrogen-bond acceptors (Lipinski definition) is 5. The molecule has 2 aliphatic heterocycles. The van der Waals surface area contributed by atoms with Crippen molar-refractivity contribution in [3.05, 3.63) is 35.4 Å². The molecule has 1 aromatic rings. The highest BCUT2D eigenvalue weighted by molar-refractivity contribution is 5.61. The average molecular weight is 315 g/mol. The summed E-state index contributed by atoms with van der Waals surface area (Å²) in [6.07, 6.45) is 5.38. The first-order chi connectivity index (χ1) is 10.9. The van der Waals surface area contributed by atoms with Crippen LogP contribution in [0, 0.1) is 5.92 Å². The smallest absolute Gasteiger partial charge is 0.222 e. The first-order valence-corrected chi connectivity index (χ1v) is 8.31. The molecule has 4 atom stereocenters. The van der Waals surface area contributed by atoms with Crippen LogP contribution in [0.5, 0.6) is 11.5 Å². The Bertz CT molecular complexity index is 728. The maximum absolute atomic E-state index is 10.6. The Labute approximate surface area is 134 Å². The number of likely N-dealkylation sites (tertiary alicyclic amines) is 1. The van der Waals surface area contributed by atoms with Gasteiger partial charge in [-0.3, -0.25) is 0 Å². The molecule has 0 saturated carbocycles. The van der Waals surface area contributed by atoms with Gasteiger partial charge in [-0.2, -0.15) is 0 Å². The van der Waals surface area contributed by atoms with E-state index in [4.69, 9.17) is 4.74 Å². The molecule has 1 saturated heterocycles. The molecule has 0 aromatic heterocycles. The average Bonchev–Trinajstić information content (AvgIpc) is 2.82. The summed E-state index contributed by atoms with van der Waals surface area (Å²) < 4.78 is 6.00. The third-order valence-electron chi connectivity index (χ3n) is 6.43. The summed E-state index contributed by atoms with van der Waals surface area (Å²) in [4.78, 5) is 2.39. The Morgan fingerprint density at radius 2 is 2.13 bits per heavy atom. The molecule has 3 N–H and O–H groups in total. The van der Waals surface area contributed by atoms with Crippen molar-refractivity contribution in [1.82, 2.24) is 4.90 Å². The van der Waals surface area contributed by atoms with E-state index in [1.54, 1.807) is 6.07 Å². The fraction of sp³-hybridized carbons (Fsp3) is 0.556. The number of hydrogen-bond donors (Lipinski definition) is 3. The number of phenolic OH excluding ortho intramolecular Hbond substituents is 1. The van der Waals surface area contributed by atoms with Gasteiger partial charge in [-0.05, 0) is 50.6 Å². The number of phenols is 1. The standard InChI is InChI=1S/C18H21NO4/c1-19-8-2-6-17-11-5-7-18(21,22)16(17)23-15-13(20)4-3-10(14(15)17)9-12(11)19/h3-5,7,11-12,16,20-22H,2,6,8-9H2,1H3/t11-,12+,16+,17-/m0/s1. The molecule has 122 valence electrons. The zero-order valence-electron chi connectivity index (χ0n) is 13.1. The van der Waals surface area contributed by atoms with Gasteiger partial charge in [-0.1, -0.05) is 12.1 Å².